The third kappa shape index (κ3) is 7.29. The van der Waals surface area contributed by atoms with E-state index in [1.807, 2.05) is 32.4 Å². The van der Waals surface area contributed by atoms with Crippen molar-refractivity contribution in [2.45, 2.75) is 19.8 Å². The number of hydrogen-bond acceptors (Lipinski definition) is 2. The van der Waals surface area contributed by atoms with Gasteiger partial charge in [0.25, 0.3) is 0 Å². The zero-order chi connectivity index (χ0) is 16.5. The smallest absolute Gasteiger partial charge is 0.191 e. The first kappa shape index (κ1) is 20.4. The van der Waals surface area contributed by atoms with E-state index in [0.717, 1.165) is 37.5 Å². The predicted molar refractivity (Wildman–Crippen MR) is 106 cm³/mol. The largest absolute Gasteiger partial charge is 0.357 e. The molecule has 0 amide bonds. The second kappa shape index (κ2) is 11.0. The first-order chi connectivity index (χ1) is 11.2. The normalized spacial score (nSPS) is 11.0. The highest BCUT2D eigenvalue weighted by atomic mass is 127. The minimum absolute atomic E-state index is 0. The van der Waals surface area contributed by atoms with E-state index < -0.39 is 0 Å². The fourth-order valence-corrected chi connectivity index (χ4v) is 2.26. The molecule has 1 heterocycles. The van der Waals surface area contributed by atoms with E-state index in [-0.39, 0.29) is 29.8 Å². The Morgan fingerprint density at radius 1 is 1.25 bits per heavy atom. The maximum Gasteiger partial charge on any atom is 0.191 e. The van der Waals surface area contributed by atoms with Gasteiger partial charge in [0.1, 0.15) is 5.82 Å². The first-order valence-electron chi connectivity index (χ1n) is 7.91. The average molecular weight is 445 g/mol. The van der Waals surface area contributed by atoms with Crippen LogP contribution in [0.1, 0.15) is 18.1 Å². The summed E-state index contributed by atoms with van der Waals surface area (Å²) in [5.74, 6) is 0.584. The third-order valence-electron chi connectivity index (χ3n) is 3.37. The maximum atomic E-state index is 13.1. The highest BCUT2D eigenvalue weighted by molar-refractivity contribution is 14.0. The molecule has 24 heavy (non-hydrogen) atoms. The lowest BCUT2D eigenvalue weighted by atomic mass is 10.1. The van der Waals surface area contributed by atoms with Crippen LogP contribution in [-0.2, 0) is 19.9 Å². The molecule has 0 atom stereocenters. The fraction of sp³-hybridized carbons (Fsp3) is 0.412. The molecule has 2 N–H and O–H groups in total. The zero-order valence-electron chi connectivity index (χ0n) is 14.1. The molecule has 0 fully saturated rings. The Hall–Kier alpha value is -1.64. The van der Waals surface area contributed by atoms with Crippen molar-refractivity contribution in [3.8, 4) is 0 Å². The topological polar surface area (TPSA) is 54.2 Å². The molecule has 2 rings (SSSR count). The standard InChI is InChI=1S/C17H24FN5.HI/c1-3-19-17(21-10-8-15-12-22-23(2)13-15)20-9-7-14-5-4-6-16(18)11-14;/h4-6,11-13H,3,7-10H2,1-2H3,(H2,19,20,21);1H. The Kier molecular flexibility index (Phi) is 9.36. The minimum atomic E-state index is -0.201. The van der Waals surface area contributed by atoms with E-state index in [4.69, 9.17) is 0 Å². The molecule has 1 aromatic carbocycles. The van der Waals surface area contributed by atoms with E-state index in [0.29, 0.717) is 6.54 Å². The first-order valence-corrected chi connectivity index (χ1v) is 7.91. The highest BCUT2D eigenvalue weighted by Crippen LogP contribution is 2.04. The van der Waals surface area contributed by atoms with Crippen LogP contribution >= 0.6 is 24.0 Å². The van der Waals surface area contributed by atoms with Crippen molar-refractivity contribution < 1.29 is 4.39 Å². The summed E-state index contributed by atoms with van der Waals surface area (Å²) in [7, 11) is 1.91. The van der Waals surface area contributed by atoms with Crippen molar-refractivity contribution in [2.75, 3.05) is 19.6 Å². The number of rotatable bonds is 7. The van der Waals surface area contributed by atoms with Gasteiger partial charge in [-0.3, -0.25) is 9.67 Å². The van der Waals surface area contributed by atoms with Gasteiger partial charge in [-0.25, -0.2) is 4.39 Å². The molecule has 5 nitrogen and oxygen atoms in total. The molecule has 0 unspecified atom stereocenters. The molecule has 0 aliphatic carbocycles. The van der Waals surface area contributed by atoms with Gasteiger partial charge in [-0.05, 0) is 43.0 Å². The summed E-state index contributed by atoms with van der Waals surface area (Å²) in [5, 5.41) is 10.7. The maximum absolute atomic E-state index is 13.1. The lowest BCUT2D eigenvalue weighted by molar-refractivity contribution is 0.625. The molecule has 0 aliphatic heterocycles. The Labute approximate surface area is 159 Å². The van der Waals surface area contributed by atoms with Gasteiger partial charge in [0.15, 0.2) is 5.96 Å². The molecule has 0 radical (unpaired) electrons. The Morgan fingerprint density at radius 2 is 2.08 bits per heavy atom. The van der Waals surface area contributed by atoms with Crippen molar-refractivity contribution in [2.24, 2.45) is 12.0 Å². The average Bonchev–Trinajstić information content (AvgIpc) is 2.93. The number of aryl methyl sites for hydroxylation is 1. The number of aromatic nitrogens is 2. The van der Waals surface area contributed by atoms with Crippen LogP contribution in [0.4, 0.5) is 4.39 Å². The molecule has 0 spiro atoms. The number of benzene rings is 1. The molecule has 7 heteroatoms. The van der Waals surface area contributed by atoms with Crippen LogP contribution < -0.4 is 10.6 Å². The van der Waals surface area contributed by atoms with Gasteiger partial charge in [-0.1, -0.05) is 12.1 Å². The van der Waals surface area contributed by atoms with Gasteiger partial charge in [-0.2, -0.15) is 5.10 Å². The molecular weight excluding hydrogens is 420 g/mol. The molecule has 0 saturated carbocycles. The van der Waals surface area contributed by atoms with Gasteiger partial charge in [0.05, 0.1) is 6.20 Å². The van der Waals surface area contributed by atoms with Crippen molar-refractivity contribution in [1.29, 1.82) is 0 Å². The summed E-state index contributed by atoms with van der Waals surface area (Å²) in [5.41, 5.74) is 2.15. The summed E-state index contributed by atoms with van der Waals surface area (Å²) < 4.78 is 14.9. The molecule has 2 aromatic rings. The molecule has 0 saturated heterocycles. The Balaban J connectivity index is 0.00000288. The Bertz CT molecular complexity index is 641. The lowest BCUT2D eigenvalue weighted by Gasteiger charge is -2.10. The Morgan fingerprint density at radius 3 is 2.75 bits per heavy atom. The predicted octanol–water partition coefficient (Wildman–Crippen LogP) is 2.52. The number of nitrogens with zero attached hydrogens (tertiary/aromatic N) is 3. The molecule has 132 valence electrons. The molecule has 0 aliphatic rings. The van der Waals surface area contributed by atoms with Crippen LogP contribution in [0.5, 0.6) is 0 Å². The van der Waals surface area contributed by atoms with Gasteiger partial charge in [0, 0.05) is 32.9 Å². The van der Waals surface area contributed by atoms with E-state index in [1.165, 1.54) is 11.6 Å². The molecular formula is C17H25FIN5. The van der Waals surface area contributed by atoms with Gasteiger partial charge in [0.2, 0.25) is 0 Å². The van der Waals surface area contributed by atoms with Crippen molar-refractivity contribution >= 4 is 29.9 Å². The monoisotopic (exact) mass is 445 g/mol. The van der Waals surface area contributed by atoms with Gasteiger partial charge >= 0.3 is 0 Å². The number of guanidine groups is 1. The molecule has 0 bridgehead atoms. The van der Waals surface area contributed by atoms with Crippen molar-refractivity contribution in [1.82, 2.24) is 20.4 Å². The third-order valence-corrected chi connectivity index (χ3v) is 3.37. The number of nitrogens with one attached hydrogen (secondary N) is 2. The second-order valence-electron chi connectivity index (χ2n) is 5.34. The number of aliphatic imine (C=N–C) groups is 1. The van der Waals surface area contributed by atoms with Gasteiger partial charge in [-0.15, -0.1) is 24.0 Å². The lowest BCUT2D eigenvalue weighted by Crippen LogP contribution is -2.38. The molecule has 1 aromatic heterocycles. The summed E-state index contributed by atoms with van der Waals surface area (Å²) in [4.78, 5) is 4.53. The summed E-state index contributed by atoms with van der Waals surface area (Å²) in [6.07, 6.45) is 5.49. The van der Waals surface area contributed by atoms with E-state index >= 15 is 0 Å². The van der Waals surface area contributed by atoms with Gasteiger partial charge < -0.3 is 10.6 Å². The van der Waals surface area contributed by atoms with E-state index in [9.17, 15) is 4.39 Å². The van der Waals surface area contributed by atoms with Crippen LogP contribution in [0, 0.1) is 5.82 Å². The van der Waals surface area contributed by atoms with Crippen LogP contribution in [0.25, 0.3) is 0 Å². The quantitative estimate of drug-likeness (QED) is 0.391. The van der Waals surface area contributed by atoms with Crippen molar-refractivity contribution in [3.05, 3.63) is 53.6 Å². The van der Waals surface area contributed by atoms with Crippen molar-refractivity contribution in [3.63, 3.8) is 0 Å². The summed E-state index contributed by atoms with van der Waals surface area (Å²) in [6, 6.07) is 6.65. The van der Waals surface area contributed by atoms with E-state index in [1.54, 1.807) is 16.8 Å². The zero-order valence-corrected chi connectivity index (χ0v) is 16.5. The minimum Gasteiger partial charge on any atom is -0.357 e. The highest BCUT2D eigenvalue weighted by Gasteiger charge is 2.00. The summed E-state index contributed by atoms with van der Waals surface area (Å²) >= 11 is 0. The van der Waals surface area contributed by atoms with Crippen LogP contribution in [0.3, 0.4) is 0 Å². The van der Waals surface area contributed by atoms with Crippen LogP contribution in [0.2, 0.25) is 0 Å². The van der Waals surface area contributed by atoms with Crippen LogP contribution in [-0.4, -0.2) is 35.4 Å². The second-order valence-corrected chi connectivity index (χ2v) is 5.34. The fourth-order valence-electron chi connectivity index (χ4n) is 2.26. The summed E-state index contributed by atoms with van der Waals surface area (Å²) in [6.45, 7) is 4.24. The number of hydrogen-bond donors (Lipinski definition) is 2. The van der Waals surface area contributed by atoms with E-state index in [2.05, 4.69) is 20.7 Å². The van der Waals surface area contributed by atoms with Crippen LogP contribution in [0.15, 0.2) is 41.7 Å². The number of halogens is 2. The SMILES string of the molecule is CCNC(=NCCc1cccc(F)c1)NCCc1cnn(C)c1.I.